The molecule has 1 amide bonds. The summed E-state index contributed by atoms with van der Waals surface area (Å²) in [5.74, 6) is -0.0999. The Hall–Kier alpha value is -1.64. The van der Waals surface area contributed by atoms with Gasteiger partial charge < -0.3 is 10.6 Å². The van der Waals surface area contributed by atoms with Crippen molar-refractivity contribution >= 4 is 27.5 Å². The lowest BCUT2D eigenvalue weighted by Crippen LogP contribution is -2.27. The summed E-state index contributed by atoms with van der Waals surface area (Å²) >= 11 is 0. The molecule has 1 atom stereocenters. The van der Waals surface area contributed by atoms with Crippen LogP contribution >= 0.6 is 0 Å². The van der Waals surface area contributed by atoms with Crippen LogP contribution in [-0.4, -0.2) is 26.9 Å². The molecule has 7 nitrogen and oxygen atoms in total. The largest absolute Gasteiger partial charge is 0.326 e. The molecule has 2 rings (SSSR count). The Labute approximate surface area is 118 Å². The van der Waals surface area contributed by atoms with Gasteiger partial charge in [0.1, 0.15) is 0 Å². The molecule has 1 saturated heterocycles. The van der Waals surface area contributed by atoms with Crippen molar-refractivity contribution in [2.24, 2.45) is 5.14 Å². The van der Waals surface area contributed by atoms with Crippen molar-refractivity contribution in [1.29, 1.82) is 0 Å². The van der Waals surface area contributed by atoms with Crippen LogP contribution in [0.1, 0.15) is 19.3 Å². The van der Waals surface area contributed by atoms with Gasteiger partial charge in [-0.15, -0.1) is 0 Å². The number of carbonyl (C=O) groups excluding carboxylic acids is 1. The highest BCUT2D eigenvalue weighted by Crippen LogP contribution is 2.17. The zero-order chi connectivity index (χ0) is 14.6. The lowest BCUT2D eigenvalue weighted by atomic mass is 10.1. The standard InChI is InChI=1S/C12H18N4O3S/c13-20(18,19)16-11-4-1-3-10(7-11)15-12(17)8-9-5-2-6-14-9/h1,3-4,7,9,14,16H,2,5-6,8H2,(H,15,17)(H2,13,18,19). The van der Waals surface area contributed by atoms with Crippen molar-refractivity contribution in [2.45, 2.75) is 25.3 Å². The van der Waals surface area contributed by atoms with E-state index < -0.39 is 10.2 Å². The van der Waals surface area contributed by atoms with E-state index in [1.54, 1.807) is 18.2 Å². The lowest BCUT2D eigenvalue weighted by Gasteiger charge is -2.11. The highest BCUT2D eigenvalue weighted by atomic mass is 32.2. The quantitative estimate of drug-likeness (QED) is 0.629. The minimum Gasteiger partial charge on any atom is -0.326 e. The zero-order valence-electron chi connectivity index (χ0n) is 10.9. The van der Waals surface area contributed by atoms with Crippen molar-refractivity contribution < 1.29 is 13.2 Å². The minimum absolute atomic E-state index is 0.0999. The molecule has 0 aliphatic carbocycles. The van der Waals surface area contributed by atoms with Crippen molar-refractivity contribution in [2.75, 3.05) is 16.6 Å². The molecular weight excluding hydrogens is 280 g/mol. The molecule has 1 aliphatic rings. The van der Waals surface area contributed by atoms with E-state index >= 15 is 0 Å². The smallest absolute Gasteiger partial charge is 0.296 e. The zero-order valence-corrected chi connectivity index (χ0v) is 11.7. The van der Waals surface area contributed by atoms with Gasteiger partial charge in [-0.2, -0.15) is 8.42 Å². The number of nitrogens with one attached hydrogen (secondary N) is 3. The molecule has 0 bridgehead atoms. The number of carbonyl (C=O) groups is 1. The fourth-order valence-corrected chi connectivity index (χ4v) is 2.65. The van der Waals surface area contributed by atoms with Crippen molar-refractivity contribution in [3.05, 3.63) is 24.3 Å². The Morgan fingerprint density at radius 2 is 2.15 bits per heavy atom. The van der Waals surface area contributed by atoms with Gasteiger partial charge >= 0.3 is 0 Å². The Bertz CT molecular complexity index is 582. The van der Waals surface area contributed by atoms with Crippen LogP contribution in [0.3, 0.4) is 0 Å². The van der Waals surface area contributed by atoms with Gasteiger partial charge in [-0.1, -0.05) is 6.07 Å². The van der Waals surface area contributed by atoms with Crippen LogP contribution < -0.4 is 20.5 Å². The molecule has 1 aliphatic heterocycles. The summed E-state index contributed by atoms with van der Waals surface area (Å²) in [6.45, 7) is 0.950. The molecule has 5 N–H and O–H groups in total. The predicted molar refractivity (Wildman–Crippen MR) is 77.4 cm³/mol. The Morgan fingerprint density at radius 3 is 2.80 bits per heavy atom. The van der Waals surface area contributed by atoms with Crippen LogP contribution in [0.4, 0.5) is 11.4 Å². The molecule has 0 saturated carbocycles. The highest BCUT2D eigenvalue weighted by molar-refractivity contribution is 7.90. The van der Waals surface area contributed by atoms with Gasteiger partial charge in [-0.25, -0.2) is 5.14 Å². The van der Waals surface area contributed by atoms with Crippen LogP contribution in [-0.2, 0) is 15.0 Å². The van der Waals surface area contributed by atoms with E-state index in [1.807, 2.05) is 0 Å². The topological polar surface area (TPSA) is 113 Å². The van der Waals surface area contributed by atoms with Crippen molar-refractivity contribution in [1.82, 2.24) is 5.32 Å². The summed E-state index contributed by atoms with van der Waals surface area (Å²) in [5, 5.41) is 10.9. The van der Waals surface area contributed by atoms with Gasteiger partial charge in [-0.05, 0) is 37.6 Å². The van der Waals surface area contributed by atoms with Gasteiger partial charge in [0.2, 0.25) is 5.91 Å². The van der Waals surface area contributed by atoms with Gasteiger partial charge in [0.05, 0.1) is 5.69 Å². The molecule has 0 radical (unpaired) electrons. The Kier molecular flexibility index (Phi) is 4.58. The van der Waals surface area contributed by atoms with E-state index in [9.17, 15) is 13.2 Å². The number of anilines is 2. The first-order valence-corrected chi connectivity index (χ1v) is 7.91. The summed E-state index contributed by atoms with van der Waals surface area (Å²) < 4.78 is 24.0. The normalized spacial score (nSPS) is 18.8. The average Bonchev–Trinajstić information content (AvgIpc) is 2.79. The molecule has 1 unspecified atom stereocenters. The number of nitrogens with two attached hydrogens (primary N) is 1. The second kappa shape index (κ2) is 6.21. The third kappa shape index (κ3) is 4.80. The molecule has 1 heterocycles. The van der Waals surface area contributed by atoms with E-state index in [-0.39, 0.29) is 11.9 Å². The summed E-state index contributed by atoms with van der Waals surface area (Å²) in [6.07, 6.45) is 2.50. The molecule has 1 aromatic rings. The molecular formula is C12H18N4O3S. The molecule has 1 aromatic carbocycles. The van der Waals surface area contributed by atoms with Crippen LogP contribution in [0.25, 0.3) is 0 Å². The first kappa shape index (κ1) is 14.8. The highest BCUT2D eigenvalue weighted by Gasteiger charge is 2.17. The van der Waals surface area contributed by atoms with Gasteiger partial charge in [-0.3, -0.25) is 9.52 Å². The number of amides is 1. The molecule has 20 heavy (non-hydrogen) atoms. The average molecular weight is 298 g/mol. The molecule has 1 fully saturated rings. The van der Waals surface area contributed by atoms with Gasteiger partial charge in [0.15, 0.2) is 0 Å². The molecule has 8 heteroatoms. The van der Waals surface area contributed by atoms with E-state index in [2.05, 4.69) is 15.4 Å². The van der Waals surface area contributed by atoms with E-state index in [4.69, 9.17) is 5.14 Å². The summed E-state index contributed by atoms with van der Waals surface area (Å²) in [5.41, 5.74) is 0.839. The number of rotatable bonds is 5. The molecule has 0 aromatic heterocycles. The third-order valence-corrected chi connectivity index (χ3v) is 3.52. The third-order valence-electron chi connectivity index (χ3n) is 3.00. The Balaban J connectivity index is 1.95. The number of benzene rings is 1. The summed E-state index contributed by atoms with van der Waals surface area (Å²) in [7, 11) is -3.81. The fourth-order valence-electron chi connectivity index (χ4n) is 2.19. The second-order valence-electron chi connectivity index (χ2n) is 4.77. The van der Waals surface area contributed by atoms with E-state index in [1.165, 1.54) is 6.07 Å². The van der Waals surface area contributed by atoms with E-state index in [0.29, 0.717) is 17.8 Å². The first-order valence-electron chi connectivity index (χ1n) is 6.36. The van der Waals surface area contributed by atoms with Crippen molar-refractivity contribution in [3.8, 4) is 0 Å². The van der Waals surface area contributed by atoms with Crippen LogP contribution in [0.15, 0.2) is 24.3 Å². The van der Waals surface area contributed by atoms with Crippen molar-refractivity contribution in [3.63, 3.8) is 0 Å². The second-order valence-corrected chi connectivity index (χ2v) is 6.07. The molecule has 110 valence electrons. The summed E-state index contributed by atoms with van der Waals surface area (Å²) in [4.78, 5) is 11.9. The SMILES string of the molecule is NS(=O)(=O)Nc1cccc(NC(=O)CC2CCCN2)c1. The van der Waals surface area contributed by atoms with E-state index in [0.717, 1.165) is 19.4 Å². The minimum atomic E-state index is -3.81. The molecule has 0 spiro atoms. The number of hydrogen-bond donors (Lipinski definition) is 4. The maximum Gasteiger partial charge on any atom is 0.296 e. The number of hydrogen-bond acceptors (Lipinski definition) is 4. The summed E-state index contributed by atoms with van der Waals surface area (Å²) in [6, 6.07) is 6.62. The fraction of sp³-hybridized carbons (Fsp3) is 0.417. The maximum atomic E-state index is 11.9. The van der Waals surface area contributed by atoms with Crippen LogP contribution in [0.5, 0.6) is 0 Å². The van der Waals surface area contributed by atoms with Gasteiger partial charge in [0, 0.05) is 18.2 Å². The van der Waals surface area contributed by atoms with Gasteiger partial charge in [0.25, 0.3) is 10.2 Å². The lowest BCUT2D eigenvalue weighted by molar-refractivity contribution is -0.116. The Morgan fingerprint density at radius 1 is 1.40 bits per heavy atom. The predicted octanol–water partition coefficient (Wildman–Crippen LogP) is 0.383. The first-order chi connectivity index (χ1) is 9.42. The monoisotopic (exact) mass is 298 g/mol. The van der Waals surface area contributed by atoms with Crippen LogP contribution in [0.2, 0.25) is 0 Å². The maximum absolute atomic E-state index is 11.9. The van der Waals surface area contributed by atoms with Crippen LogP contribution in [0, 0.1) is 0 Å².